The molecule has 0 aromatic carbocycles. The maximum Gasteiger partial charge on any atom is 0.327 e. The zero-order chi connectivity index (χ0) is 21.3. The highest BCUT2D eigenvalue weighted by atomic mass is 16.5. The van der Waals surface area contributed by atoms with Crippen LogP contribution in [0.25, 0.3) is 11.2 Å². The Hall–Kier alpha value is -2.13. The summed E-state index contributed by atoms with van der Waals surface area (Å²) < 4.78 is 7.25. The fraction of sp³-hybridized carbons (Fsp3) is 0.762. The second kappa shape index (κ2) is 11.3. The molecule has 0 amide bonds. The number of nitrogens with zero attached hydrogens (tertiary/aromatic N) is 5. The molecule has 0 aliphatic carbocycles. The average Bonchev–Trinajstić information content (AvgIpc) is 3.05. The Kier molecular flexibility index (Phi) is 8.50. The van der Waals surface area contributed by atoms with Crippen molar-refractivity contribution in [3.8, 4) is 6.01 Å². The number of aromatic amines is 1. The van der Waals surface area contributed by atoms with E-state index in [9.17, 15) is 4.79 Å². The van der Waals surface area contributed by atoms with Crippen molar-refractivity contribution < 1.29 is 4.74 Å². The molecule has 3 rings (SSSR count). The molecule has 3 heterocycles. The van der Waals surface area contributed by atoms with Gasteiger partial charge < -0.3 is 25.3 Å². The van der Waals surface area contributed by atoms with Gasteiger partial charge in [0.25, 0.3) is 0 Å². The van der Waals surface area contributed by atoms with Crippen molar-refractivity contribution in [2.75, 3.05) is 51.6 Å². The zero-order valence-electron chi connectivity index (χ0n) is 18.5. The van der Waals surface area contributed by atoms with E-state index in [0.717, 1.165) is 38.6 Å². The molecule has 1 aliphatic rings. The Morgan fingerprint density at radius 3 is 2.33 bits per heavy atom. The third kappa shape index (κ3) is 5.95. The summed E-state index contributed by atoms with van der Waals surface area (Å²) >= 11 is 0. The number of imidazole rings is 1. The summed E-state index contributed by atoms with van der Waals surface area (Å²) in [5.74, 6) is 0.254. The van der Waals surface area contributed by atoms with Crippen LogP contribution in [0.3, 0.4) is 0 Å². The van der Waals surface area contributed by atoms with Gasteiger partial charge in [0.1, 0.15) is 5.52 Å². The van der Waals surface area contributed by atoms with Crippen molar-refractivity contribution in [1.29, 1.82) is 0 Å². The fourth-order valence-corrected chi connectivity index (χ4v) is 3.95. The normalized spacial score (nSPS) is 15.8. The number of H-pyrrole nitrogens is 1. The number of rotatable bonds is 12. The van der Waals surface area contributed by atoms with Crippen LogP contribution in [0.4, 0.5) is 5.82 Å². The quantitative estimate of drug-likeness (QED) is 0.507. The summed E-state index contributed by atoms with van der Waals surface area (Å²) in [5, 5.41) is 0. The number of hydrogen-bond donors (Lipinski definition) is 2. The van der Waals surface area contributed by atoms with Crippen LogP contribution >= 0.6 is 0 Å². The maximum absolute atomic E-state index is 12.4. The van der Waals surface area contributed by atoms with Crippen LogP contribution in [0.2, 0.25) is 0 Å². The van der Waals surface area contributed by atoms with Gasteiger partial charge in [0, 0.05) is 32.7 Å². The molecule has 30 heavy (non-hydrogen) atoms. The van der Waals surface area contributed by atoms with Gasteiger partial charge in [-0.25, -0.2) is 4.79 Å². The molecule has 2 aromatic heterocycles. The Labute approximate surface area is 178 Å². The number of hydrogen-bond acceptors (Lipinski definition) is 7. The lowest BCUT2D eigenvalue weighted by molar-refractivity contribution is 0.131. The van der Waals surface area contributed by atoms with Crippen molar-refractivity contribution in [3.63, 3.8) is 0 Å². The summed E-state index contributed by atoms with van der Waals surface area (Å²) in [6, 6.07) is 0.239. The molecule has 9 nitrogen and oxygen atoms in total. The van der Waals surface area contributed by atoms with Crippen molar-refractivity contribution in [1.82, 2.24) is 29.3 Å². The van der Waals surface area contributed by atoms with Gasteiger partial charge in [-0.1, -0.05) is 26.7 Å². The molecule has 2 aromatic rings. The zero-order valence-corrected chi connectivity index (χ0v) is 18.5. The monoisotopic (exact) mass is 419 g/mol. The van der Waals surface area contributed by atoms with E-state index in [-0.39, 0.29) is 17.5 Å². The van der Waals surface area contributed by atoms with Crippen LogP contribution in [0.15, 0.2) is 4.79 Å². The minimum Gasteiger partial charge on any atom is -0.463 e. The molecule has 1 aliphatic heterocycles. The van der Waals surface area contributed by atoms with Gasteiger partial charge in [-0.05, 0) is 38.8 Å². The van der Waals surface area contributed by atoms with E-state index >= 15 is 0 Å². The predicted octanol–water partition coefficient (Wildman–Crippen LogP) is 2.08. The minimum atomic E-state index is -0.191. The molecule has 0 spiro atoms. The molecule has 168 valence electrons. The molecule has 1 fully saturated rings. The Morgan fingerprint density at radius 2 is 1.63 bits per heavy atom. The Morgan fingerprint density at radius 1 is 0.933 bits per heavy atom. The minimum absolute atomic E-state index is 0.191. The molecule has 0 saturated carbocycles. The number of anilines is 1. The van der Waals surface area contributed by atoms with Crippen molar-refractivity contribution in [2.24, 2.45) is 0 Å². The average molecular weight is 420 g/mol. The highest BCUT2D eigenvalue weighted by Gasteiger charge is 2.16. The van der Waals surface area contributed by atoms with Crippen LogP contribution in [0.5, 0.6) is 6.01 Å². The number of fused-ring (bicyclic) bond motifs is 1. The molecule has 3 N–H and O–H groups in total. The summed E-state index contributed by atoms with van der Waals surface area (Å²) in [6.45, 7) is 12.5. The van der Waals surface area contributed by atoms with Crippen molar-refractivity contribution >= 4 is 17.0 Å². The van der Waals surface area contributed by atoms with Gasteiger partial charge in [0.2, 0.25) is 0 Å². The van der Waals surface area contributed by atoms with E-state index in [2.05, 4.69) is 38.6 Å². The number of ether oxygens (including phenoxy) is 1. The van der Waals surface area contributed by atoms with Gasteiger partial charge >= 0.3 is 11.7 Å². The molecule has 0 radical (unpaired) electrons. The van der Waals surface area contributed by atoms with Crippen molar-refractivity contribution in [2.45, 2.75) is 58.9 Å². The number of nitrogens with two attached hydrogens (primary N) is 1. The summed E-state index contributed by atoms with van der Waals surface area (Å²) in [7, 11) is 0. The first-order valence-corrected chi connectivity index (χ1v) is 11.5. The molecule has 0 atom stereocenters. The first kappa shape index (κ1) is 22.6. The first-order valence-electron chi connectivity index (χ1n) is 11.5. The number of nitrogen functional groups attached to an aromatic ring is 1. The van der Waals surface area contributed by atoms with Crippen LogP contribution in [-0.2, 0) is 6.54 Å². The molecular formula is C21H37N7O2. The summed E-state index contributed by atoms with van der Waals surface area (Å²) in [4.78, 5) is 28.9. The van der Waals surface area contributed by atoms with E-state index in [1.807, 2.05) is 0 Å². The number of aryl methyl sites for hydroxylation is 1. The topological polar surface area (TPSA) is 105 Å². The smallest absolute Gasteiger partial charge is 0.327 e. The number of aromatic nitrogens is 4. The fourth-order valence-electron chi connectivity index (χ4n) is 3.95. The number of piperazine rings is 1. The van der Waals surface area contributed by atoms with E-state index < -0.39 is 0 Å². The third-order valence-electron chi connectivity index (χ3n) is 5.72. The molecule has 0 bridgehead atoms. The van der Waals surface area contributed by atoms with Gasteiger partial charge in [-0.15, -0.1) is 0 Å². The van der Waals surface area contributed by atoms with Gasteiger partial charge in [0.05, 0.1) is 6.61 Å². The van der Waals surface area contributed by atoms with E-state index in [1.165, 1.54) is 39.1 Å². The molecule has 0 unspecified atom stereocenters. The van der Waals surface area contributed by atoms with Crippen LogP contribution < -0.4 is 16.2 Å². The van der Waals surface area contributed by atoms with Crippen LogP contribution in [0.1, 0.15) is 52.4 Å². The van der Waals surface area contributed by atoms with Gasteiger partial charge in [-0.2, -0.15) is 9.97 Å². The second-order valence-corrected chi connectivity index (χ2v) is 8.12. The first-order chi connectivity index (χ1) is 14.6. The highest BCUT2D eigenvalue weighted by molar-refractivity contribution is 5.81. The number of unbranched alkanes of at least 4 members (excludes halogenated alkanes) is 3. The largest absolute Gasteiger partial charge is 0.463 e. The lowest BCUT2D eigenvalue weighted by Crippen LogP contribution is -2.46. The number of nitrogens with one attached hydrogen (secondary N) is 1. The highest BCUT2D eigenvalue weighted by Crippen LogP contribution is 2.18. The van der Waals surface area contributed by atoms with Gasteiger partial charge in [0.15, 0.2) is 11.5 Å². The van der Waals surface area contributed by atoms with Gasteiger partial charge in [-0.3, -0.25) is 4.57 Å². The molecule has 1 saturated heterocycles. The van der Waals surface area contributed by atoms with E-state index in [4.69, 9.17) is 10.5 Å². The van der Waals surface area contributed by atoms with Crippen LogP contribution in [0, 0.1) is 0 Å². The van der Waals surface area contributed by atoms with E-state index in [1.54, 1.807) is 4.57 Å². The third-order valence-corrected chi connectivity index (χ3v) is 5.72. The van der Waals surface area contributed by atoms with Crippen LogP contribution in [-0.4, -0.2) is 75.2 Å². The summed E-state index contributed by atoms with van der Waals surface area (Å²) in [6.07, 6.45) is 6.34. The summed E-state index contributed by atoms with van der Waals surface area (Å²) in [5.41, 5.74) is 6.84. The standard InChI is InChI=1S/C21H37N7O2/c1-3-5-16-30-20-24-18(22)17-19(25-20)28(21(29)23-17)11-8-6-7-10-27-14-12-26(9-4-2)13-15-27/h3-16H2,1-2H3,(H,23,29)(H2,22,24,25). The second-order valence-electron chi connectivity index (χ2n) is 8.12. The Balaban J connectivity index is 1.48. The van der Waals surface area contributed by atoms with Crippen molar-refractivity contribution in [3.05, 3.63) is 10.5 Å². The Bertz CT molecular complexity index is 840. The van der Waals surface area contributed by atoms with E-state index in [0.29, 0.717) is 24.3 Å². The maximum atomic E-state index is 12.4. The predicted molar refractivity (Wildman–Crippen MR) is 120 cm³/mol. The lowest BCUT2D eigenvalue weighted by Gasteiger charge is -2.34. The SMILES string of the molecule is CCCCOc1nc(N)c2[nH]c(=O)n(CCCCCN3CCN(CCC)CC3)c2n1. The molecule has 9 heteroatoms. The lowest BCUT2D eigenvalue weighted by atomic mass is 10.2. The molecular weight excluding hydrogens is 382 g/mol.